The second-order valence-electron chi connectivity index (χ2n) is 8.43. The summed E-state index contributed by atoms with van der Waals surface area (Å²) in [6.07, 6.45) is 3.65. The first kappa shape index (κ1) is 20.1. The molecule has 0 spiro atoms. The van der Waals surface area contributed by atoms with Gasteiger partial charge in [0.2, 0.25) is 0 Å². The monoisotopic (exact) mass is 440 g/mol. The predicted octanol–water partition coefficient (Wildman–Crippen LogP) is 7.02. The van der Waals surface area contributed by atoms with Gasteiger partial charge in [-0.2, -0.15) is 0 Å². The molecule has 0 bridgehead atoms. The summed E-state index contributed by atoms with van der Waals surface area (Å²) in [4.78, 5) is 15.7. The van der Waals surface area contributed by atoms with Gasteiger partial charge in [-0.05, 0) is 63.2 Å². The van der Waals surface area contributed by atoms with Crippen LogP contribution in [0.15, 0.2) is 122 Å². The van der Waals surface area contributed by atoms with Crippen LogP contribution in [-0.2, 0) is 5.41 Å². The average molecular weight is 441 g/mol. The van der Waals surface area contributed by atoms with E-state index in [0.717, 1.165) is 27.8 Å². The minimum absolute atomic E-state index is 0.104. The van der Waals surface area contributed by atoms with Crippen molar-refractivity contribution in [1.29, 1.82) is 0 Å². The van der Waals surface area contributed by atoms with Crippen LogP contribution in [0.2, 0.25) is 0 Å². The molecular formula is C30H20N2O2. The van der Waals surface area contributed by atoms with E-state index in [1.54, 1.807) is 12.1 Å². The number of benzene rings is 4. The second kappa shape index (κ2) is 7.78. The van der Waals surface area contributed by atoms with Gasteiger partial charge in [0.1, 0.15) is 0 Å². The van der Waals surface area contributed by atoms with Crippen LogP contribution in [0.25, 0.3) is 22.3 Å². The van der Waals surface area contributed by atoms with Crippen LogP contribution in [0.4, 0.5) is 5.69 Å². The Labute approximate surface area is 197 Å². The first-order valence-corrected chi connectivity index (χ1v) is 11.2. The zero-order chi connectivity index (χ0) is 23.1. The molecule has 0 amide bonds. The maximum Gasteiger partial charge on any atom is 0.277 e. The standard InChI is InChI=1S/C30H20N2O2/c33-32(34)29-13-7-5-10-24(29)21-14-15-26-25-11-4-6-12-27(25)30(28(26)20-21,22-8-2-1-3-9-22)23-16-18-31-19-17-23/h1-20H. The molecule has 0 saturated heterocycles. The Morgan fingerprint density at radius 1 is 0.618 bits per heavy atom. The average Bonchev–Trinajstić information content (AvgIpc) is 3.20. The highest BCUT2D eigenvalue weighted by atomic mass is 16.6. The Kier molecular flexibility index (Phi) is 4.59. The summed E-state index contributed by atoms with van der Waals surface area (Å²) in [5, 5.41) is 11.8. The van der Waals surface area contributed by atoms with Crippen LogP contribution in [0.1, 0.15) is 22.3 Å². The Morgan fingerprint density at radius 3 is 2.00 bits per heavy atom. The van der Waals surface area contributed by atoms with Crippen molar-refractivity contribution in [1.82, 2.24) is 4.98 Å². The van der Waals surface area contributed by atoms with Crippen molar-refractivity contribution in [2.24, 2.45) is 0 Å². The van der Waals surface area contributed by atoms with Crippen molar-refractivity contribution in [2.45, 2.75) is 5.41 Å². The van der Waals surface area contributed by atoms with Crippen LogP contribution in [0, 0.1) is 10.1 Å². The van der Waals surface area contributed by atoms with E-state index in [1.807, 2.05) is 36.7 Å². The van der Waals surface area contributed by atoms with Gasteiger partial charge in [0.25, 0.3) is 5.69 Å². The molecule has 1 atom stereocenters. The van der Waals surface area contributed by atoms with Crippen molar-refractivity contribution in [3.63, 3.8) is 0 Å². The molecule has 6 rings (SSSR count). The number of hydrogen-bond acceptors (Lipinski definition) is 3. The van der Waals surface area contributed by atoms with E-state index in [9.17, 15) is 10.1 Å². The lowest BCUT2D eigenvalue weighted by atomic mass is 9.67. The number of hydrogen-bond donors (Lipinski definition) is 0. The summed E-state index contributed by atoms with van der Waals surface area (Å²) in [5.41, 5.74) is 7.86. The van der Waals surface area contributed by atoms with Crippen molar-refractivity contribution in [3.8, 4) is 22.3 Å². The Morgan fingerprint density at radius 2 is 1.24 bits per heavy atom. The normalized spacial score (nSPS) is 16.0. The third kappa shape index (κ3) is 2.82. The largest absolute Gasteiger partial charge is 0.277 e. The third-order valence-electron chi connectivity index (χ3n) is 6.78. The Bertz CT molecular complexity index is 1490. The van der Waals surface area contributed by atoms with E-state index >= 15 is 0 Å². The van der Waals surface area contributed by atoms with Crippen LogP contribution in [0.5, 0.6) is 0 Å². The lowest BCUT2D eigenvalue weighted by molar-refractivity contribution is -0.384. The maximum atomic E-state index is 11.8. The predicted molar refractivity (Wildman–Crippen MR) is 134 cm³/mol. The Hall–Kier alpha value is -4.57. The van der Waals surface area contributed by atoms with Gasteiger partial charge in [0, 0.05) is 18.5 Å². The number of rotatable bonds is 4. The Balaban J connectivity index is 1.73. The topological polar surface area (TPSA) is 56.0 Å². The summed E-state index contributed by atoms with van der Waals surface area (Å²) in [5.74, 6) is 0. The molecule has 34 heavy (non-hydrogen) atoms. The van der Waals surface area contributed by atoms with Gasteiger partial charge >= 0.3 is 0 Å². The number of nitrogens with zero attached hydrogens (tertiary/aromatic N) is 2. The van der Waals surface area contributed by atoms with E-state index in [1.165, 1.54) is 11.1 Å². The SMILES string of the molecule is O=[N+]([O-])c1ccccc1-c1ccc2c(c1)C(c1ccccc1)(c1ccncc1)c1ccccc1-2. The van der Waals surface area contributed by atoms with Gasteiger partial charge in [-0.25, -0.2) is 0 Å². The highest BCUT2D eigenvalue weighted by Crippen LogP contribution is 2.56. The highest BCUT2D eigenvalue weighted by Gasteiger charge is 2.46. The molecule has 0 fully saturated rings. The molecular weight excluding hydrogens is 420 g/mol. The van der Waals surface area contributed by atoms with Crippen LogP contribution in [0.3, 0.4) is 0 Å². The summed E-state index contributed by atoms with van der Waals surface area (Å²) in [7, 11) is 0. The molecule has 1 heterocycles. The zero-order valence-electron chi connectivity index (χ0n) is 18.3. The van der Waals surface area contributed by atoms with E-state index in [-0.39, 0.29) is 10.6 Å². The molecule has 1 aliphatic rings. The molecule has 0 N–H and O–H groups in total. The molecule has 1 aliphatic carbocycles. The second-order valence-corrected chi connectivity index (χ2v) is 8.43. The number of para-hydroxylation sites is 1. The first-order valence-electron chi connectivity index (χ1n) is 11.2. The number of aromatic nitrogens is 1. The number of nitro benzene ring substituents is 1. The van der Waals surface area contributed by atoms with Crippen LogP contribution < -0.4 is 0 Å². The van der Waals surface area contributed by atoms with Gasteiger partial charge < -0.3 is 0 Å². The summed E-state index contributed by atoms with van der Waals surface area (Å²) < 4.78 is 0. The minimum Gasteiger partial charge on any atom is -0.265 e. The highest BCUT2D eigenvalue weighted by molar-refractivity contribution is 5.89. The summed E-state index contributed by atoms with van der Waals surface area (Å²) in [6, 6.07) is 36.2. The number of fused-ring (bicyclic) bond motifs is 3. The minimum atomic E-state index is -0.560. The molecule has 0 aliphatic heterocycles. The number of pyridine rings is 1. The molecule has 0 radical (unpaired) electrons. The van der Waals surface area contributed by atoms with Gasteiger partial charge in [-0.1, -0.05) is 78.9 Å². The lowest BCUT2D eigenvalue weighted by Gasteiger charge is -2.33. The molecule has 1 unspecified atom stereocenters. The van der Waals surface area contributed by atoms with E-state index in [4.69, 9.17) is 0 Å². The fourth-order valence-corrected chi connectivity index (χ4v) is 5.40. The van der Waals surface area contributed by atoms with E-state index in [2.05, 4.69) is 77.8 Å². The van der Waals surface area contributed by atoms with Crippen molar-refractivity contribution in [2.75, 3.05) is 0 Å². The maximum absolute atomic E-state index is 11.8. The molecule has 1 aromatic heterocycles. The molecule has 5 aromatic rings. The quantitative estimate of drug-likeness (QED) is 0.219. The zero-order valence-corrected chi connectivity index (χ0v) is 18.3. The van der Waals surface area contributed by atoms with Gasteiger partial charge in [-0.3, -0.25) is 15.1 Å². The van der Waals surface area contributed by atoms with Crippen LogP contribution in [-0.4, -0.2) is 9.91 Å². The van der Waals surface area contributed by atoms with Crippen molar-refractivity contribution >= 4 is 5.69 Å². The van der Waals surface area contributed by atoms with Gasteiger partial charge in [-0.15, -0.1) is 0 Å². The molecule has 4 nitrogen and oxygen atoms in total. The third-order valence-corrected chi connectivity index (χ3v) is 6.78. The smallest absolute Gasteiger partial charge is 0.265 e. The fraction of sp³-hybridized carbons (Fsp3) is 0.0333. The fourth-order valence-electron chi connectivity index (χ4n) is 5.40. The first-order chi connectivity index (χ1) is 16.7. The molecule has 162 valence electrons. The van der Waals surface area contributed by atoms with Crippen LogP contribution >= 0.6 is 0 Å². The molecule has 4 heteroatoms. The lowest BCUT2D eigenvalue weighted by Crippen LogP contribution is -2.28. The van der Waals surface area contributed by atoms with Gasteiger partial charge in [0.05, 0.1) is 15.9 Å². The van der Waals surface area contributed by atoms with Gasteiger partial charge in [0.15, 0.2) is 0 Å². The molecule has 4 aromatic carbocycles. The van der Waals surface area contributed by atoms with E-state index < -0.39 is 5.41 Å². The van der Waals surface area contributed by atoms with Crippen molar-refractivity contribution < 1.29 is 4.92 Å². The van der Waals surface area contributed by atoms with Crippen molar-refractivity contribution in [3.05, 3.63) is 154 Å². The number of nitro groups is 1. The summed E-state index contributed by atoms with van der Waals surface area (Å²) >= 11 is 0. The van der Waals surface area contributed by atoms with E-state index in [0.29, 0.717) is 5.56 Å². The molecule has 0 saturated carbocycles. The summed E-state index contributed by atoms with van der Waals surface area (Å²) in [6.45, 7) is 0.